The molecule has 0 atom stereocenters. The molecule has 4 bridgehead atoms. The zero-order valence-corrected chi connectivity index (χ0v) is 25.3. The second-order valence-corrected chi connectivity index (χ2v) is 14.5. The monoisotopic (exact) mass is 591 g/mol. The molecule has 226 valence electrons. The molecule has 10 rings (SSSR count). The van der Waals surface area contributed by atoms with Crippen LogP contribution >= 0.6 is 0 Å². The van der Waals surface area contributed by atoms with Crippen LogP contribution in [0, 0.1) is 22.2 Å². The third-order valence-electron chi connectivity index (χ3n) is 11.5. The van der Waals surface area contributed by atoms with Gasteiger partial charge in [-0.05, 0) is 98.1 Å². The molecule has 7 fully saturated rings. The van der Waals surface area contributed by atoms with E-state index in [1.165, 1.54) is 5.56 Å². The average Bonchev–Trinajstić information content (AvgIpc) is 3.85. The highest BCUT2D eigenvalue weighted by molar-refractivity contribution is 5.95. The van der Waals surface area contributed by atoms with E-state index in [0.717, 1.165) is 60.9 Å². The minimum absolute atomic E-state index is 0.0793. The number of methoxy groups -OCH3 is 1. The fraction of sp³-hybridized carbons (Fsp3) is 0.486. The van der Waals surface area contributed by atoms with Gasteiger partial charge in [-0.2, -0.15) is 5.26 Å². The number of ether oxygens (including phenoxy) is 2. The predicted octanol–water partition coefficient (Wildman–Crippen LogP) is 7.41. The van der Waals surface area contributed by atoms with Crippen LogP contribution < -0.4 is 9.64 Å². The number of carbonyl (C=O) groups is 1. The van der Waals surface area contributed by atoms with E-state index in [1.807, 2.05) is 35.2 Å². The summed E-state index contributed by atoms with van der Waals surface area (Å²) in [4.78, 5) is 20.4. The first-order valence-electron chi connectivity index (χ1n) is 16.0. The van der Waals surface area contributed by atoms with Crippen LogP contribution in [0.4, 0.5) is 10.1 Å². The van der Waals surface area contributed by atoms with E-state index in [9.17, 15) is 14.4 Å². The molecule has 5 saturated carbocycles. The van der Waals surface area contributed by atoms with Crippen molar-refractivity contribution in [1.29, 1.82) is 5.26 Å². The number of hydrogen-bond donors (Lipinski definition) is 0. The molecule has 0 spiro atoms. The molecule has 2 aliphatic heterocycles. The Morgan fingerprint density at radius 1 is 0.955 bits per heavy atom. The summed E-state index contributed by atoms with van der Waals surface area (Å²) in [7, 11) is 1.60. The van der Waals surface area contributed by atoms with Gasteiger partial charge in [0.25, 0.3) is 0 Å². The molecule has 0 radical (unpaired) electrons. The van der Waals surface area contributed by atoms with Crippen LogP contribution in [0.2, 0.25) is 0 Å². The van der Waals surface area contributed by atoms with Crippen molar-refractivity contribution < 1.29 is 18.7 Å². The van der Waals surface area contributed by atoms with Gasteiger partial charge in [0, 0.05) is 41.9 Å². The van der Waals surface area contributed by atoms with Gasteiger partial charge in [0.2, 0.25) is 11.8 Å². The summed E-state index contributed by atoms with van der Waals surface area (Å²) in [6, 6.07) is 23.0. The van der Waals surface area contributed by atoms with E-state index in [0.29, 0.717) is 44.7 Å². The van der Waals surface area contributed by atoms with E-state index >= 15 is 0 Å². The van der Waals surface area contributed by atoms with Gasteiger partial charge in [-0.1, -0.05) is 36.4 Å². The van der Waals surface area contributed by atoms with Gasteiger partial charge in [-0.15, -0.1) is 0 Å². The van der Waals surface area contributed by atoms with Crippen molar-refractivity contribution >= 4 is 11.6 Å². The minimum atomic E-state index is -1.03. The minimum Gasteiger partial charge on any atom is -0.481 e. The first kappa shape index (κ1) is 27.8. The highest BCUT2D eigenvalue weighted by atomic mass is 19.1. The molecule has 6 nitrogen and oxygen atoms in total. The van der Waals surface area contributed by atoms with E-state index in [-0.39, 0.29) is 27.8 Å². The van der Waals surface area contributed by atoms with Crippen molar-refractivity contribution in [3.8, 4) is 23.1 Å². The maximum absolute atomic E-state index is 14.4. The molecular weight excluding hydrogens is 553 g/mol. The first-order valence-corrected chi connectivity index (χ1v) is 16.0. The van der Waals surface area contributed by atoms with Crippen molar-refractivity contribution in [1.82, 2.24) is 4.98 Å². The number of halogens is 1. The standard InChI is InChI=1S/C37H38FN3O3/c1-43-31-10-5-27(19-40-31)26-3-2-4-30(17-26)41(32(42)18-34-20-36(38,21-34)22-34)24-33-11-15-37(16-12-33,44-25-33)29-8-6-28(7-9-29)35(23-39)13-14-35/h2-10,17,19H,11-16,18,20-22,24-25H2,1H3. The molecule has 5 aliphatic carbocycles. The number of aromatic nitrogens is 1. The molecule has 7 aliphatic rings. The van der Waals surface area contributed by atoms with Crippen LogP contribution in [0.3, 0.4) is 0 Å². The number of nitriles is 1. The third-order valence-corrected chi connectivity index (χ3v) is 11.5. The Hall–Kier alpha value is -3.76. The summed E-state index contributed by atoms with van der Waals surface area (Å²) in [5.41, 5.74) is 3.20. The van der Waals surface area contributed by atoms with E-state index in [2.05, 4.69) is 41.4 Å². The number of rotatable bonds is 9. The van der Waals surface area contributed by atoms with Crippen LogP contribution in [-0.2, 0) is 20.5 Å². The van der Waals surface area contributed by atoms with Crippen LogP contribution in [0.25, 0.3) is 11.1 Å². The smallest absolute Gasteiger partial charge is 0.227 e. The van der Waals surface area contributed by atoms with Gasteiger partial charge in [0.15, 0.2) is 0 Å². The number of alkyl halides is 1. The van der Waals surface area contributed by atoms with Crippen molar-refractivity contribution in [3.63, 3.8) is 0 Å². The normalized spacial score (nSPS) is 32.1. The van der Waals surface area contributed by atoms with Crippen LogP contribution in [0.5, 0.6) is 5.88 Å². The number of pyridine rings is 1. The SMILES string of the molecule is COc1ccc(-c2cccc(N(CC34CCC(c5ccc(C6(C#N)CC6)cc5)(CC3)OC4)C(=O)CC34CC(F)(C3)C4)c2)cn1. The zero-order valence-electron chi connectivity index (χ0n) is 25.3. The summed E-state index contributed by atoms with van der Waals surface area (Å²) in [5, 5.41) is 9.61. The molecule has 2 saturated heterocycles. The molecule has 1 amide bonds. The Labute approximate surface area is 258 Å². The summed E-state index contributed by atoms with van der Waals surface area (Å²) >= 11 is 0. The van der Waals surface area contributed by atoms with Crippen LogP contribution in [0.1, 0.15) is 75.3 Å². The molecule has 0 unspecified atom stereocenters. The van der Waals surface area contributed by atoms with E-state index in [1.54, 1.807) is 13.3 Å². The van der Waals surface area contributed by atoms with Crippen LogP contribution in [-0.4, -0.2) is 36.8 Å². The molecule has 3 heterocycles. The number of benzene rings is 2. The highest BCUT2D eigenvalue weighted by Crippen LogP contribution is 2.71. The number of anilines is 1. The van der Waals surface area contributed by atoms with Crippen molar-refractivity contribution in [3.05, 3.63) is 78.0 Å². The Balaban J connectivity index is 1.03. The Kier molecular flexibility index (Phi) is 6.07. The van der Waals surface area contributed by atoms with Crippen molar-refractivity contribution in [2.75, 3.05) is 25.2 Å². The summed E-state index contributed by atoms with van der Waals surface area (Å²) < 4.78 is 26.4. The van der Waals surface area contributed by atoms with Gasteiger partial charge >= 0.3 is 0 Å². The Morgan fingerprint density at radius 3 is 2.25 bits per heavy atom. The molecule has 44 heavy (non-hydrogen) atoms. The van der Waals surface area contributed by atoms with Crippen molar-refractivity contribution in [2.45, 2.75) is 80.9 Å². The fourth-order valence-electron chi connectivity index (χ4n) is 8.67. The second-order valence-electron chi connectivity index (χ2n) is 14.5. The number of carbonyl (C=O) groups excluding carboxylic acids is 1. The average molecular weight is 592 g/mol. The maximum Gasteiger partial charge on any atom is 0.227 e. The molecule has 0 N–H and O–H groups in total. The molecular formula is C37H38FN3O3. The van der Waals surface area contributed by atoms with Gasteiger partial charge in [0.05, 0.1) is 30.8 Å². The number of hydrogen-bond acceptors (Lipinski definition) is 5. The first-order chi connectivity index (χ1) is 21.2. The molecule has 7 heteroatoms. The summed E-state index contributed by atoms with van der Waals surface area (Å²) in [5.74, 6) is 0.635. The molecule has 1 aromatic heterocycles. The maximum atomic E-state index is 14.4. The van der Waals surface area contributed by atoms with E-state index in [4.69, 9.17) is 9.47 Å². The Morgan fingerprint density at radius 2 is 1.68 bits per heavy atom. The second kappa shape index (κ2) is 9.62. The number of nitrogens with zero attached hydrogens (tertiary/aromatic N) is 3. The zero-order chi connectivity index (χ0) is 30.2. The molecule has 2 aromatic carbocycles. The lowest BCUT2D eigenvalue weighted by Crippen LogP contribution is -2.65. The lowest BCUT2D eigenvalue weighted by molar-refractivity contribution is -0.215. The highest BCUT2D eigenvalue weighted by Gasteiger charge is 2.69. The van der Waals surface area contributed by atoms with Gasteiger partial charge in [-0.25, -0.2) is 9.37 Å². The third kappa shape index (κ3) is 4.44. The number of fused-ring (bicyclic) bond motifs is 3. The number of amides is 1. The lowest BCUT2D eigenvalue weighted by atomic mass is 9.41. The lowest BCUT2D eigenvalue weighted by Gasteiger charge is -2.66. The quantitative estimate of drug-likeness (QED) is 0.259. The van der Waals surface area contributed by atoms with Gasteiger partial charge < -0.3 is 14.4 Å². The van der Waals surface area contributed by atoms with Crippen molar-refractivity contribution in [2.24, 2.45) is 10.8 Å². The topological polar surface area (TPSA) is 75.4 Å². The van der Waals surface area contributed by atoms with E-state index < -0.39 is 5.67 Å². The summed E-state index contributed by atoms with van der Waals surface area (Å²) in [6.07, 6.45) is 9.38. The predicted molar refractivity (Wildman–Crippen MR) is 165 cm³/mol. The Bertz CT molecular complexity index is 1610. The fourth-order valence-corrected chi connectivity index (χ4v) is 8.67. The largest absolute Gasteiger partial charge is 0.481 e. The van der Waals surface area contributed by atoms with Crippen LogP contribution in [0.15, 0.2) is 66.9 Å². The van der Waals surface area contributed by atoms with Gasteiger partial charge in [-0.3, -0.25) is 4.79 Å². The van der Waals surface area contributed by atoms with Gasteiger partial charge in [0.1, 0.15) is 5.67 Å². The molecule has 3 aromatic rings. The summed E-state index contributed by atoms with van der Waals surface area (Å²) in [6.45, 7) is 1.19.